The van der Waals surface area contributed by atoms with Gasteiger partial charge in [0.15, 0.2) is 0 Å². The van der Waals surface area contributed by atoms with Crippen LogP contribution in [0.1, 0.15) is 5.56 Å². The molecule has 0 saturated carbocycles. The second kappa shape index (κ2) is 5.59. The molecule has 2 aromatic rings. The highest BCUT2D eigenvalue weighted by Crippen LogP contribution is 2.33. The third-order valence-electron chi connectivity index (χ3n) is 4.54. The van der Waals surface area contributed by atoms with Gasteiger partial charge in [-0.25, -0.2) is 13.1 Å². The van der Waals surface area contributed by atoms with Gasteiger partial charge in [0.25, 0.3) is 0 Å². The number of rotatable bonds is 4. The molecule has 126 valence electrons. The van der Waals surface area contributed by atoms with Crippen molar-refractivity contribution in [2.45, 2.75) is 18.2 Å². The normalized spacial score (nSPS) is 17.7. The van der Waals surface area contributed by atoms with E-state index in [2.05, 4.69) is 10.3 Å². The van der Waals surface area contributed by atoms with Gasteiger partial charge in [-0.1, -0.05) is 23.4 Å². The number of carbonyl (C=O) groups excluding carboxylic acids is 1. The Labute approximate surface area is 139 Å². The van der Waals surface area contributed by atoms with E-state index in [1.807, 2.05) is 24.3 Å². The van der Waals surface area contributed by atoms with E-state index >= 15 is 0 Å². The zero-order valence-electron chi connectivity index (χ0n) is 12.9. The van der Waals surface area contributed by atoms with E-state index in [1.165, 1.54) is 15.2 Å². The van der Waals surface area contributed by atoms with Crippen molar-refractivity contribution in [2.75, 3.05) is 23.9 Å². The molecule has 0 radical (unpaired) electrons. The summed E-state index contributed by atoms with van der Waals surface area (Å²) in [5, 5.41) is 6.85. The van der Waals surface area contributed by atoms with Crippen LogP contribution in [0.3, 0.4) is 0 Å². The first-order valence-electron chi connectivity index (χ1n) is 7.77. The van der Waals surface area contributed by atoms with Crippen molar-refractivity contribution in [2.24, 2.45) is 0 Å². The minimum atomic E-state index is -3.44. The van der Waals surface area contributed by atoms with Gasteiger partial charge >= 0.3 is 0 Å². The molecule has 1 saturated heterocycles. The predicted molar refractivity (Wildman–Crippen MR) is 86.8 cm³/mol. The van der Waals surface area contributed by atoms with Crippen LogP contribution in [-0.4, -0.2) is 59.1 Å². The lowest BCUT2D eigenvalue weighted by Crippen LogP contribution is -2.60. The minimum absolute atomic E-state index is 0.0827. The molecule has 2 aliphatic heterocycles. The molecule has 3 heterocycles. The van der Waals surface area contributed by atoms with Crippen molar-refractivity contribution in [1.82, 2.24) is 19.9 Å². The molecular weight excluding hydrogens is 330 g/mol. The summed E-state index contributed by atoms with van der Waals surface area (Å²) in [6.07, 6.45) is 3.84. The lowest BCUT2D eigenvalue weighted by Gasteiger charge is -2.40. The third kappa shape index (κ3) is 2.44. The molecule has 24 heavy (non-hydrogen) atoms. The van der Waals surface area contributed by atoms with Gasteiger partial charge in [-0.2, -0.15) is 0 Å². The smallest absolute Gasteiger partial charge is 0.244 e. The highest BCUT2D eigenvalue weighted by molar-refractivity contribution is 7.93. The van der Waals surface area contributed by atoms with Crippen molar-refractivity contribution < 1.29 is 13.2 Å². The second-order valence-corrected chi connectivity index (χ2v) is 8.15. The van der Waals surface area contributed by atoms with Crippen molar-refractivity contribution in [3.05, 3.63) is 42.2 Å². The summed E-state index contributed by atoms with van der Waals surface area (Å²) in [5.74, 6) is -0.145. The van der Waals surface area contributed by atoms with Crippen LogP contribution in [0.2, 0.25) is 0 Å². The van der Waals surface area contributed by atoms with Gasteiger partial charge in [0.2, 0.25) is 15.9 Å². The second-order valence-electron chi connectivity index (χ2n) is 6.02. The van der Waals surface area contributed by atoms with Crippen molar-refractivity contribution in [3.8, 4) is 0 Å². The van der Waals surface area contributed by atoms with Crippen LogP contribution in [0.4, 0.5) is 5.69 Å². The van der Waals surface area contributed by atoms with E-state index in [-0.39, 0.29) is 25.5 Å². The molecule has 0 atom stereocenters. The van der Waals surface area contributed by atoms with Crippen LogP contribution in [-0.2, 0) is 27.8 Å². The number of fused-ring (bicyclic) bond motifs is 1. The van der Waals surface area contributed by atoms with Gasteiger partial charge in [0, 0.05) is 25.8 Å². The maximum absolute atomic E-state index is 12.8. The Morgan fingerprint density at radius 3 is 2.79 bits per heavy atom. The summed E-state index contributed by atoms with van der Waals surface area (Å²) in [5.41, 5.74) is 1.82. The summed E-state index contributed by atoms with van der Waals surface area (Å²) in [6.45, 7) is 1.02. The summed E-state index contributed by atoms with van der Waals surface area (Å²) >= 11 is 0. The van der Waals surface area contributed by atoms with Gasteiger partial charge in [-0.15, -0.1) is 5.10 Å². The topological polar surface area (TPSA) is 88.4 Å². The fourth-order valence-corrected chi connectivity index (χ4v) is 5.03. The Kier molecular flexibility index (Phi) is 3.52. The maximum Gasteiger partial charge on any atom is 0.244 e. The lowest BCUT2D eigenvalue weighted by molar-refractivity contribution is -0.135. The zero-order chi connectivity index (χ0) is 16.7. The van der Waals surface area contributed by atoms with Gasteiger partial charge in [-0.05, 0) is 18.1 Å². The third-order valence-corrected chi connectivity index (χ3v) is 6.68. The number of aromatic nitrogens is 3. The maximum atomic E-state index is 12.8. The molecule has 0 unspecified atom stereocenters. The number of carbonyl (C=O) groups is 1. The van der Waals surface area contributed by atoms with Crippen molar-refractivity contribution in [1.29, 1.82) is 0 Å². The van der Waals surface area contributed by atoms with Crippen LogP contribution in [0.25, 0.3) is 0 Å². The van der Waals surface area contributed by atoms with Gasteiger partial charge in [-0.3, -0.25) is 9.10 Å². The Balaban J connectivity index is 1.42. The van der Waals surface area contributed by atoms with Gasteiger partial charge < -0.3 is 4.90 Å². The van der Waals surface area contributed by atoms with E-state index in [4.69, 9.17) is 0 Å². The number of nitrogens with zero attached hydrogens (tertiary/aromatic N) is 5. The van der Waals surface area contributed by atoms with Crippen LogP contribution in [0.15, 0.2) is 36.7 Å². The molecule has 8 nitrogen and oxygen atoms in total. The largest absolute Gasteiger partial charge is 0.338 e. The van der Waals surface area contributed by atoms with E-state index in [9.17, 15) is 13.2 Å². The molecule has 1 fully saturated rings. The number of benzene rings is 1. The standard InChI is InChI=1S/C15H17N5O3S/c21-15(11-19-8-6-16-17-19)18-9-13(10-18)24(22,23)20-7-5-12-3-1-2-4-14(12)20/h1-4,6,8,13H,5,7,9-11H2. The lowest BCUT2D eigenvalue weighted by atomic mass is 10.2. The Morgan fingerprint density at radius 1 is 1.25 bits per heavy atom. The monoisotopic (exact) mass is 347 g/mol. The molecule has 1 aromatic carbocycles. The minimum Gasteiger partial charge on any atom is -0.338 e. The van der Waals surface area contributed by atoms with E-state index in [0.717, 1.165) is 17.7 Å². The number of para-hydroxylation sites is 1. The summed E-state index contributed by atoms with van der Waals surface area (Å²) in [7, 11) is -3.44. The quantitative estimate of drug-likeness (QED) is 0.769. The number of amides is 1. The van der Waals surface area contributed by atoms with E-state index in [1.54, 1.807) is 11.1 Å². The molecule has 1 amide bonds. The molecule has 0 N–H and O–H groups in total. The number of hydrogen-bond donors (Lipinski definition) is 0. The predicted octanol–water partition coefficient (Wildman–Crippen LogP) is -0.119. The van der Waals surface area contributed by atoms with E-state index < -0.39 is 15.3 Å². The fourth-order valence-electron chi connectivity index (χ4n) is 3.14. The molecule has 0 spiro atoms. The van der Waals surface area contributed by atoms with Gasteiger partial charge in [0.1, 0.15) is 11.8 Å². The van der Waals surface area contributed by atoms with E-state index in [0.29, 0.717) is 6.54 Å². The Hall–Kier alpha value is -2.42. The first-order valence-corrected chi connectivity index (χ1v) is 9.27. The van der Waals surface area contributed by atoms with Crippen molar-refractivity contribution >= 4 is 21.6 Å². The molecule has 2 aliphatic rings. The average Bonchev–Trinajstić information content (AvgIpc) is 3.14. The molecule has 0 aliphatic carbocycles. The fraction of sp³-hybridized carbons (Fsp3) is 0.400. The summed E-state index contributed by atoms with van der Waals surface area (Å²) in [6, 6.07) is 7.57. The van der Waals surface area contributed by atoms with Crippen LogP contribution in [0.5, 0.6) is 0 Å². The molecule has 4 rings (SSSR count). The summed E-state index contributed by atoms with van der Waals surface area (Å²) < 4.78 is 28.6. The average molecular weight is 347 g/mol. The first kappa shape index (κ1) is 15.1. The SMILES string of the molecule is O=C(Cn1ccnn1)N1CC(S(=O)(=O)N2CCc3ccccc32)C1. The van der Waals surface area contributed by atoms with Crippen LogP contribution in [0, 0.1) is 0 Å². The molecule has 9 heteroatoms. The van der Waals surface area contributed by atoms with Crippen LogP contribution >= 0.6 is 0 Å². The number of sulfonamides is 1. The highest BCUT2D eigenvalue weighted by Gasteiger charge is 2.44. The Morgan fingerprint density at radius 2 is 2.04 bits per heavy atom. The molecule has 1 aromatic heterocycles. The zero-order valence-corrected chi connectivity index (χ0v) is 13.8. The van der Waals surface area contributed by atoms with Crippen molar-refractivity contribution in [3.63, 3.8) is 0 Å². The Bertz CT molecular complexity index is 859. The number of likely N-dealkylation sites (tertiary alicyclic amines) is 1. The van der Waals surface area contributed by atoms with Crippen LogP contribution < -0.4 is 4.31 Å². The highest BCUT2D eigenvalue weighted by atomic mass is 32.2. The molecule has 0 bridgehead atoms. The van der Waals surface area contributed by atoms with Gasteiger partial charge in [0.05, 0.1) is 11.9 Å². The summed E-state index contributed by atoms with van der Waals surface area (Å²) in [4.78, 5) is 13.7. The number of anilines is 1. The molecular formula is C15H17N5O3S. The first-order chi connectivity index (χ1) is 11.6. The number of hydrogen-bond acceptors (Lipinski definition) is 5.